The van der Waals surface area contributed by atoms with Gasteiger partial charge in [-0.2, -0.15) is 5.10 Å². The second-order valence-corrected chi connectivity index (χ2v) is 14.6. The molecule has 2 N–H and O–H groups in total. The van der Waals surface area contributed by atoms with Gasteiger partial charge in [0.25, 0.3) is 0 Å². The Labute approximate surface area is 306 Å². The number of piperazine rings is 1. The molecule has 15 heteroatoms. The van der Waals surface area contributed by atoms with E-state index in [0.29, 0.717) is 58.2 Å². The summed E-state index contributed by atoms with van der Waals surface area (Å²) in [5.41, 5.74) is 4.98. The van der Waals surface area contributed by atoms with Crippen LogP contribution >= 0.6 is 11.6 Å². The van der Waals surface area contributed by atoms with Crippen LogP contribution in [0, 0.1) is 12.8 Å². The SMILES string of the molecule is Cc1nn(C)cc1-c1nc2ncc(Cl)c(Oc3cnc(N4CCN(CC5CCN(c6ccc([C@H]7CCC(=O)NC7=O)cc6)CC5)C[C@@H]4C)nc3)c2[nH]1. The molecule has 2 atom stereocenters. The van der Waals surface area contributed by atoms with Crippen molar-refractivity contribution >= 4 is 46.2 Å². The maximum absolute atomic E-state index is 12.3. The number of amides is 2. The van der Waals surface area contributed by atoms with Crippen LogP contribution in [0.1, 0.15) is 49.8 Å². The molecule has 1 aromatic carbocycles. The van der Waals surface area contributed by atoms with E-state index in [1.165, 1.54) is 11.9 Å². The van der Waals surface area contributed by atoms with Crippen LogP contribution in [0.5, 0.6) is 11.5 Å². The van der Waals surface area contributed by atoms with Crippen LogP contribution in [-0.4, -0.2) is 96.7 Å². The Morgan fingerprint density at radius 1 is 0.981 bits per heavy atom. The fourth-order valence-corrected chi connectivity index (χ4v) is 7.95. The molecule has 3 saturated heterocycles. The van der Waals surface area contributed by atoms with Gasteiger partial charge in [-0.05, 0) is 56.7 Å². The number of hydrogen-bond acceptors (Lipinski definition) is 11. The minimum absolute atomic E-state index is 0.180. The lowest BCUT2D eigenvalue weighted by Crippen LogP contribution is -2.54. The Bertz CT molecular complexity index is 2090. The topological polar surface area (TPSA) is 150 Å². The first-order valence-electron chi connectivity index (χ1n) is 17.9. The maximum atomic E-state index is 12.3. The van der Waals surface area contributed by atoms with Crippen molar-refractivity contribution in [2.75, 3.05) is 49.1 Å². The molecular formula is C37H42ClN11O3. The molecule has 3 aliphatic heterocycles. The Balaban J connectivity index is 0.836. The molecular weight excluding hydrogens is 682 g/mol. The summed E-state index contributed by atoms with van der Waals surface area (Å²) in [5, 5.41) is 7.23. The van der Waals surface area contributed by atoms with E-state index in [4.69, 9.17) is 16.3 Å². The standard InChI is InChI=1S/C37H42ClN11O3/c1-22-19-47(20-24-10-12-48(13-11-24)26-6-4-25(5-7-26)28-8-9-31(50)42-36(28)51)14-15-49(22)37-40-16-27(17-41-37)52-33-30(38)18-39-35-32(33)43-34(44-35)29-21-46(3)45-23(29)2/h4-7,16-18,21-22,24,28H,8-15,19-20H2,1-3H3,(H,39,43,44)(H,42,50,51)/t22-,28+/m0/s1. The van der Waals surface area contributed by atoms with E-state index in [1.54, 1.807) is 17.1 Å². The molecule has 3 fully saturated rings. The van der Waals surface area contributed by atoms with Crippen LogP contribution in [0.25, 0.3) is 22.6 Å². The first-order chi connectivity index (χ1) is 25.2. The zero-order valence-corrected chi connectivity index (χ0v) is 30.3. The van der Waals surface area contributed by atoms with Gasteiger partial charge in [0, 0.05) is 70.7 Å². The number of piperidine rings is 2. The molecule has 5 aromatic rings. The third-order valence-electron chi connectivity index (χ3n) is 10.5. The molecule has 4 aromatic heterocycles. The molecule has 14 nitrogen and oxygen atoms in total. The number of nitrogens with zero attached hydrogens (tertiary/aromatic N) is 9. The number of carbonyl (C=O) groups is 2. The van der Waals surface area contributed by atoms with Crippen molar-refractivity contribution in [3.63, 3.8) is 0 Å². The summed E-state index contributed by atoms with van der Waals surface area (Å²) in [7, 11) is 1.87. The van der Waals surface area contributed by atoms with Crippen LogP contribution in [0.15, 0.2) is 49.1 Å². The lowest BCUT2D eigenvalue weighted by Gasteiger charge is -2.42. The van der Waals surface area contributed by atoms with Crippen molar-refractivity contribution in [2.45, 2.75) is 51.5 Å². The van der Waals surface area contributed by atoms with Crippen LogP contribution in [0.2, 0.25) is 5.02 Å². The van der Waals surface area contributed by atoms with E-state index in [2.05, 4.69) is 69.1 Å². The van der Waals surface area contributed by atoms with E-state index >= 15 is 0 Å². The van der Waals surface area contributed by atoms with Gasteiger partial charge >= 0.3 is 0 Å². The number of aromatic amines is 1. The van der Waals surface area contributed by atoms with Crippen LogP contribution in [0.3, 0.4) is 0 Å². The highest BCUT2D eigenvalue weighted by atomic mass is 35.5. The number of hydrogen-bond donors (Lipinski definition) is 2. The van der Waals surface area contributed by atoms with Crippen molar-refractivity contribution in [1.82, 2.24) is 44.9 Å². The number of fused-ring (bicyclic) bond motifs is 1. The average Bonchev–Trinajstić information content (AvgIpc) is 3.72. The molecule has 0 spiro atoms. The lowest BCUT2D eigenvalue weighted by atomic mass is 9.90. The summed E-state index contributed by atoms with van der Waals surface area (Å²) < 4.78 is 7.95. The van der Waals surface area contributed by atoms with E-state index in [0.717, 1.165) is 68.9 Å². The first-order valence-corrected chi connectivity index (χ1v) is 18.3. The molecule has 3 aliphatic rings. The number of H-pyrrole nitrogens is 1. The summed E-state index contributed by atoms with van der Waals surface area (Å²) in [6.07, 6.45) is 10.1. The molecule has 0 aliphatic carbocycles. The van der Waals surface area contributed by atoms with Gasteiger partial charge in [-0.3, -0.25) is 24.5 Å². The number of aryl methyl sites for hydroxylation is 2. The summed E-state index contributed by atoms with van der Waals surface area (Å²) in [6.45, 7) is 10.0. The minimum Gasteiger partial charge on any atom is -0.450 e. The van der Waals surface area contributed by atoms with Gasteiger partial charge in [0.05, 0.1) is 35.8 Å². The van der Waals surface area contributed by atoms with Crippen LogP contribution in [-0.2, 0) is 16.6 Å². The third kappa shape index (κ3) is 6.92. The summed E-state index contributed by atoms with van der Waals surface area (Å²) in [6, 6.07) is 8.59. The van der Waals surface area contributed by atoms with Gasteiger partial charge in [0.2, 0.25) is 17.8 Å². The van der Waals surface area contributed by atoms with Gasteiger partial charge in [-0.25, -0.2) is 19.9 Å². The Morgan fingerprint density at radius 3 is 2.44 bits per heavy atom. The van der Waals surface area contributed by atoms with Crippen molar-refractivity contribution in [1.29, 1.82) is 0 Å². The average molecular weight is 724 g/mol. The number of anilines is 2. The molecule has 0 radical (unpaired) electrons. The first kappa shape index (κ1) is 34.0. The van der Waals surface area contributed by atoms with E-state index in [-0.39, 0.29) is 23.8 Å². The summed E-state index contributed by atoms with van der Waals surface area (Å²) in [5.74, 6) is 2.24. The molecule has 0 unspecified atom stereocenters. The summed E-state index contributed by atoms with van der Waals surface area (Å²) in [4.78, 5) is 52.8. The van der Waals surface area contributed by atoms with Gasteiger partial charge in [-0.1, -0.05) is 23.7 Å². The van der Waals surface area contributed by atoms with Gasteiger partial charge < -0.3 is 19.5 Å². The normalized spacial score (nSPS) is 20.5. The quantitative estimate of drug-likeness (QED) is 0.212. The second-order valence-electron chi connectivity index (χ2n) is 14.2. The van der Waals surface area contributed by atoms with Crippen molar-refractivity contribution in [3.05, 3.63) is 65.3 Å². The molecule has 0 saturated carbocycles. The van der Waals surface area contributed by atoms with E-state index in [9.17, 15) is 9.59 Å². The number of benzene rings is 1. The molecule has 52 heavy (non-hydrogen) atoms. The fraction of sp³-hybridized carbons (Fsp3) is 0.432. The number of pyridine rings is 1. The third-order valence-corrected chi connectivity index (χ3v) is 10.8. The number of aromatic nitrogens is 7. The smallest absolute Gasteiger partial charge is 0.234 e. The number of carbonyl (C=O) groups excluding carboxylic acids is 2. The summed E-state index contributed by atoms with van der Waals surface area (Å²) >= 11 is 6.54. The monoisotopic (exact) mass is 723 g/mol. The van der Waals surface area contributed by atoms with Gasteiger partial charge in [-0.15, -0.1) is 0 Å². The van der Waals surface area contributed by atoms with Crippen molar-refractivity contribution in [2.24, 2.45) is 13.0 Å². The second kappa shape index (κ2) is 14.2. The van der Waals surface area contributed by atoms with E-state index < -0.39 is 0 Å². The van der Waals surface area contributed by atoms with E-state index in [1.807, 2.05) is 32.3 Å². The highest BCUT2D eigenvalue weighted by molar-refractivity contribution is 6.32. The highest BCUT2D eigenvalue weighted by Gasteiger charge is 2.30. The molecule has 7 heterocycles. The predicted octanol–water partition coefficient (Wildman–Crippen LogP) is 4.85. The maximum Gasteiger partial charge on any atom is 0.234 e. The van der Waals surface area contributed by atoms with Crippen molar-refractivity contribution in [3.8, 4) is 22.9 Å². The van der Waals surface area contributed by atoms with Crippen molar-refractivity contribution < 1.29 is 14.3 Å². The Morgan fingerprint density at radius 2 is 1.75 bits per heavy atom. The number of imidazole rings is 1. The van der Waals surface area contributed by atoms with Gasteiger partial charge in [0.15, 0.2) is 17.1 Å². The Hall–Kier alpha value is -5.08. The zero-order valence-electron chi connectivity index (χ0n) is 29.5. The largest absolute Gasteiger partial charge is 0.450 e. The predicted molar refractivity (Wildman–Crippen MR) is 198 cm³/mol. The number of rotatable bonds is 8. The minimum atomic E-state index is -0.246. The fourth-order valence-electron chi connectivity index (χ4n) is 7.76. The molecule has 8 rings (SSSR count). The number of nitrogens with one attached hydrogen (secondary N) is 2. The number of ether oxygens (including phenoxy) is 1. The number of imide groups is 1. The zero-order chi connectivity index (χ0) is 35.9. The molecule has 2 amide bonds. The lowest BCUT2D eigenvalue weighted by molar-refractivity contribution is -0.134. The highest BCUT2D eigenvalue weighted by Crippen LogP contribution is 2.36. The molecule has 0 bridgehead atoms. The van der Waals surface area contributed by atoms with Crippen LogP contribution in [0.4, 0.5) is 11.6 Å². The van der Waals surface area contributed by atoms with Gasteiger partial charge in [0.1, 0.15) is 16.4 Å². The molecule has 270 valence electrons. The Kier molecular flexibility index (Phi) is 9.26. The number of halogens is 1. The van der Waals surface area contributed by atoms with Crippen LogP contribution < -0.4 is 19.9 Å².